The minimum Gasteiger partial charge on any atom is -0.356 e. The number of likely N-dealkylation sites (tertiary alicyclic amines) is 1. The molecule has 1 aliphatic heterocycles. The molecule has 6 nitrogen and oxygen atoms in total. The number of aliphatic imine (C=N–C) groups is 1. The minimum atomic E-state index is -0.251. The van der Waals surface area contributed by atoms with Crippen molar-refractivity contribution in [3.8, 4) is 0 Å². The standard InChI is InChI=1S/C23H29FN4O2/c1-23(2,16-6-8-17(24)9-7-16)13-27-22(25-3)26-10-11-28-20(29)18-14-4-5-15(12-14)19(18)21(28)30/h4-9,14-15,18-19H,10-13H2,1-3H3,(H2,25,26,27). The first-order chi connectivity index (χ1) is 14.3. The van der Waals surface area contributed by atoms with Gasteiger partial charge in [0.25, 0.3) is 0 Å². The monoisotopic (exact) mass is 412 g/mol. The summed E-state index contributed by atoms with van der Waals surface area (Å²) >= 11 is 0. The Balaban J connectivity index is 1.28. The lowest BCUT2D eigenvalue weighted by atomic mass is 9.84. The average molecular weight is 413 g/mol. The topological polar surface area (TPSA) is 73.8 Å². The number of benzene rings is 1. The number of rotatable bonds is 6. The Kier molecular flexibility index (Phi) is 5.38. The third-order valence-electron chi connectivity index (χ3n) is 6.74. The van der Waals surface area contributed by atoms with Crippen LogP contribution in [0.1, 0.15) is 25.8 Å². The van der Waals surface area contributed by atoms with Gasteiger partial charge in [-0.3, -0.25) is 19.5 Å². The number of halogens is 1. The molecule has 2 bridgehead atoms. The van der Waals surface area contributed by atoms with E-state index in [9.17, 15) is 14.0 Å². The van der Waals surface area contributed by atoms with Crippen molar-refractivity contribution >= 4 is 17.8 Å². The second kappa shape index (κ2) is 7.85. The predicted molar refractivity (Wildman–Crippen MR) is 113 cm³/mol. The highest BCUT2D eigenvalue weighted by Crippen LogP contribution is 2.52. The molecule has 2 fully saturated rings. The molecule has 2 N–H and O–H groups in total. The fourth-order valence-electron chi connectivity index (χ4n) is 5.00. The molecule has 0 radical (unpaired) electrons. The lowest BCUT2D eigenvalue weighted by Crippen LogP contribution is -2.46. The summed E-state index contributed by atoms with van der Waals surface area (Å²) in [4.78, 5) is 31.1. The molecule has 1 saturated heterocycles. The molecule has 4 atom stereocenters. The van der Waals surface area contributed by atoms with E-state index in [0.29, 0.717) is 25.6 Å². The van der Waals surface area contributed by atoms with Crippen LogP contribution in [0.15, 0.2) is 41.4 Å². The van der Waals surface area contributed by atoms with Crippen molar-refractivity contribution in [2.24, 2.45) is 28.7 Å². The largest absolute Gasteiger partial charge is 0.356 e. The molecule has 1 aromatic carbocycles. The van der Waals surface area contributed by atoms with Gasteiger partial charge in [0.2, 0.25) is 11.8 Å². The van der Waals surface area contributed by atoms with Gasteiger partial charge in [-0.2, -0.15) is 0 Å². The zero-order chi connectivity index (χ0) is 21.5. The van der Waals surface area contributed by atoms with Crippen molar-refractivity contribution in [1.29, 1.82) is 0 Å². The second-order valence-electron chi connectivity index (χ2n) is 9.07. The summed E-state index contributed by atoms with van der Waals surface area (Å²) in [6.45, 7) is 5.52. The number of allylic oxidation sites excluding steroid dienone is 2. The molecule has 0 aromatic heterocycles. The zero-order valence-corrected chi connectivity index (χ0v) is 17.7. The van der Waals surface area contributed by atoms with Gasteiger partial charge in [-0.25, -0.2) is 4.39 Å². The first kappa shape index (κ1) is 20.6. The highest BCUT2D eigenvalue weighted by Gasteiger charge is 2.58. The molecule has 1 heterocycles. The van der Waals surface area contributed by atoms with E-state index in [1.54, 1.807) is 19.2 Å². The summed E-state index contributed by atoms with van der Waals surface area (Å²) in [7, 11) is 1.68. The van der Waals surface area contributed by atoms with Crippen molar-refractivity contribution < 1.29 is 14.0 Å². The van der Waals surface area contributed by atoms with Crippen LogP contribution in [0, 0.1) is 29.5 Å². The second-order valence-corrected chi connectivity index (χ2v) is 9.07. The number of guanidine groups is 1. The first-order valence-corrected chi connectivity index (χ1v) is 10.6. The lowest BCUT2D eigenvalue weighted by Gasteiger charge is -2.27. The van der Waals surface area contributed by atoms with E-state index in [1.165, 1.54) is 17.0 Å². The van der Waals surface area contributed by atoms with Crippen LogP contribution in [0.25, 0.3) is 0 Å². The summed E-state index contributed by atoms with van der Waals surface area (Å²) in [5, 5.41) is 6.47. The van der Waals surface area contributed by atoms with Gasteiger partial charge in [0.15, 0.2) is 5.96 Å². The Labute approximate surface area is 176 Å². The Bertz CT molecular complexity index is 863. The molecular formula is C23H29FN4O2. The third kappa shape index (κ3) is 3.61. The molecule has 3 aliphatic rings. The highest BCUT2D eigenvalue weighted by molar-refractivity contribution is 6.06. The van der Waals surface area contributed by atoms with E-state index in [2.05, 4.69) is 41.6 Å². The maximum absolute atomic E-state index is 13.2. The van der Waals surface area contributed by atoms with Crippen LogP contribution >= 0.6 is 0 Å². The number of nitrogens with zero attached hydrogens (tertiary/aromatic N) is 2. The molecule has 7 heteroatoms. The Morgan fingerprint density at radius 2 is 1.70 bits per heavy atom. The van der Waals surface area contributed by atoms with Gasteiger partial charge in [0.1, 0.15) is 5.82 Å². The molecule has 4 unspecified atom stereocenters. The van der Waals surface area contributed by atoms with Gasteiger partial charge in [-0.05, 0) is 36.0 Å². The number of carbonyl (C=O) groups is 2. The van der Waals surface area contributed by atoms with Crippen LogP contribution in [0.3, 0.4) is 0 Å². The van der Waals surface area contributed by atoms with Crippen molar-refractivity contribution in [3.05, 3.63) is 47.8 Å². The van der Waals surface area contributed by atoms with Crippen molar-refractivity contribution in [3.63, 3.8) is 0 Å². The lowest BCUT2D eigenvalue weighted by molar-refractivity contribution is -0.140. The number of nitrogens with one attached hydrogen (secondary N) is 2. The molecule has 2 amide bonds. The maximum Gasteiger partial charge on any atom is 0.233 e. The van der Waals surface area contributed by atoms with Crippen LogP contribution in [-0.2, 0) is 15.0 Å². The number of carbonyl (C=O) groups excluding carboxylic acids is 2. The quantitative estimate of drug-likeness (QED) is 0.325. The smallest absolute Gasteiger partial charge is 0.233 e. The van der Waals surface area contributed by atoms with Crippen LogP contribution in [-0.4, -0.2) is 49.4 Å². The molecule has 2 aliphatic carbocycles. The van der Waals surface area contributed by atoms with E-state index < -0.39 is 0 Å². The van der Waals surface area contributed by atoms with Gasteiger partial charge in [0, 0.05) is 32.1 Å². The van der Waals surface area contributed by atoms with E-state index in [-0.39, 0.29) is 46.7 Å². The fraction of sp³-hybridized carbons (Fsp3) is 0.522. The molecule has 1 aromatic rings. The average Bonchev–Trinajstić information content (AvgIpc) is 3.40. The molecular weight excluding hydrogens is 383 g/mol. The first-order valence-electron chi connectivity index (χ1n) is 10.6. The van der Waals surface area contributed by atoms with Gasteiger partial charge < -0.3 is 10.6 Å². The normalized spacial score (nSPS) is 27.7. The van der Waals surface area contributed by atoms with Crippen molar-refractivity contribution in [2.45, 2.75) is 25.7 Å². The van der Waals surface area contributed by atoms with Crippen LogP contribution in [0.5, 0.6) is 0 Å². The summed E-state index contributed by atoms with van der Waals surface area (Å²) in [5.74, 6) is 0.469. The van der Waals surface area contributed by atoms with E-state index >= 15 is 0 Å². The molecule has 0 spiro atoms. The Hall–Kier alpha value is -2.70. The van der Waals surface area contributed by atoms with Gasteiger partial charge in [0.05, 0.1) is 11.8 Å². The third-order valence-corrected chi connectivity index (χ3v) is 6.74. The number of fused-ring (bicyclic) bond motifs is 5. The predicted octanol–water partition coefficient (Wildman–Crippen LogP) is 2.08. The molecule has 4 rings (SSSR count). The van der Waals surface area contributed by atoms with Crippen molar-refractivity contribution in [1.82, 2.24) is 15.5 Å². The Morgan fingerprint density at radius 3 is 2.27 bits per heavy atom. The summed E-state index contributed by atoms with van der Waals surface area (Å²) in [6, 6.07) is 6.50. The molecule has 30 heavy (non-hydrogen) atoms. The SMILES string of the molecule is CN=C(NCCN1C(=O)C2C3C=CC(C3)C2C1=O)NCC(C)(C)c1ccc(F)cc1. The summed E-state index contributed by atoms with van der Waals surface area (Å²) < 4.78 is 13.2. The Morgan fingerprint density at radius 1 is 1.10 bits per heavy atom. The van der Waals surface area contributed by atoms with Crippen LogP contribution in [0.2, 0.25) is 0 Å². The van der Waals surface area contributed by atoms with Gasteiger partial charge >= 0.3 is 0 Å². The molecule has 1 saturated carbocycles. The fourth-order valence-corrected chi connectivity index (χ4v) is 5.00. The number of imide groups is 1. The van der Waals surface area contributed by atoms with E-state index in [1.807, 2.05) is 0 Å². The van der Waals surface area contributed by atoms with Gasteiger partial charge in [-0.15, -0.1) is 0 Å². The number of hydrogen-bond acceptors (Lipinski definition) is 3. The number of amides is 2. The van der Waals surface area contributed by atoms with E-state index in [4.69, 9.17) is 0 Å². The summed E-state index contributed by atoms with van der Waals surface area (Å²) in [5.41, 5.74) is 0.797. The highest BCUT2D eigenvalue weighted by atomic mass is 19.1. The van der Waals surface area contributed by atoms with Crippen molar-refractivity contribution in [2.75, 3.05) is 26.7 Å². The van der Waals surface area contributed by atoms with Gasteiger partial charge in [-0.1, -0.05) is 38.1 Å². The zero-order valence-electron chi connectivity index (χ0n) is 17.7. The maximum atomic E-state index is 13.2. The van der Waals surface area contributed by atoms with Crippen LogP contribution in [0.4, 0.5) is 4.39 Å². The van der Waals surface area contributed by atoms with E-state index in [0.717, 1.165) is 12.0 Å². The molecule has 160 valence electrons. The summed E-state index contributed by atoms with van der Waals surface area (Å²) in [6.07, 6.45) is 5.15. The number of hydrogen-bond donors (Lipinski definition) is 2. The van der Waals surface area contributed by atoms with Crippen LogP contribution < -0.4 is 10.6 Å². The minimum absolute atomic E-state index is 0.0240.